The molecule has 0 saturated carbocycles. The second-order valence-electron chi connectivity index (χ2n) is 6.03. The minimum Gasteiger partial charge on any atom is -0.489 e. The predicted molar refractivity (Wildman–Crippen MR) is 88.5 cm³/mol. The Hall–Kier alpha value is -2.56. The molecule has 0 fully saturated rings. The van der Waals surface area contributed by atoms with Crippen LogP contribution in [-0.4, -0.2) is 18.2 Å². The van der Waals surface area contributed by atoms with Gasteiger partial charge in [0.15, 0.2) is 0 Å². The molecule has 0 aromatic heterocycles. The molecule has 0 radical (unpaired) electrons. The zero-order chi connectivity index (χ0) is 17.6. The Balaban J connectivity index is 1.88. The van der Waals surface area contributed by atoms with Crippen molar-refractivity contribution in [2.45, 2.75) is 33.0 Å². The number of benzene rings is 2. The molecule has 24 heavy (non-hydrogen) atoms. The van der Waals surface area contributed by atoms with Gasteiger partial charge in [0.1, 0.15) is 36.1 Å². The minimum absolute atomic E-state index is 0.178. The quantitative estimate of drug-likeness (QED) is 0.715. The minimum atomic E-state index is -0.613. The molecule has 0 aliphatic rings. The van der Waals surface area contributed by atoms with Crippen LogP contribution in [0.3, 0.4) is 0 Å². The largest absolute Gasteiger partial charge is 0.489 e. The highest BCUT2D eigenvalue weighted by Gasteiger charge is 2.21. The van der Waals surface area contributed by atoms with E-state index in [4.69, 9.17) is 14.2 Å². The van der Waals surface area contributed by atoms with Gasteiger partial charge in [-0.1, -0.05) is 12.1 Å². The summed E-state index contributed by atoms with van der Waals surface area (Å²) in [4.78, 5) is 10.9. The molecule has 0 amide bonds. The summed E-state index contributed by atoms with van der Waals surface area (Å²) in [6.07, 6.45) is 0. The standard InChI is InChI=1S/C19H21FO4/c1-14(21)23-13-19(2,3)24-18-8-4-15(5-9-18)12-22-17-10-6-16(20)7-11-17/h4-11H,12-13H2,1-3H3. The van der Waals surface area contributed by atoms with E-state index in [-0.39, 0.29) is 18.4 Å². The number of ether oxygens (including phenoxy) is 3. The normalized spacial score (nSPS) is 11.0. The summed E-state index contributed by atoms with van der Waals surface area (Å²) in [7, 11) is 0. The fraction of sp³-hybridized carbons (Fsp3) is 0.316. The maximum absolute atomic E-state index is 12.8. The first-order valence-electron chi connectivity index (χ1n) is 7.64. The lowest BCUT2D eigenvalue weighted by Gasteiger charge is -2.25. The molecule has 2 aromatic carbocycles. The van der Waals surface area contributed by atoms with E-state index >= 15 is 0 Å². The number of hydrogen-bond donors (Lipinski definition) is 0. The molecule has 0 atom stereocenters. The summed E-state index contributed by atoms with van der Waals surface area (Å²) in [5.41, 5.74) is 0.349. The Labute approximate surface area is 141 Å². The van der Waals surface area contributed by atoms with Crippen molar-refractivity contribution in [3.05, 3.63) is 59.9 Å². The number of rotatable bonds is 7. The maximum Gasteiger partial charge on any atom is 0.302 e. The van der Waals surface area contributed by atoms with Crippen molar-refractivity contribution in [3.8, 4) is 11.5 Å². The lowest BCUT2D eigenvalue weighted by Crippen LogP contribution is -2.34. The summed E-state index contributed by atoms with van der Waals surface area (Å²) in [5.74, 6) is 0.664. The summed E-state index contributed by atoms with van der Waals surface area (Å²) >= 11 is 0. The van der Waals surface area contributed by atoms with Crippen LogP contribution in [0.1, 0.15) is 26.3 Å². The molecule has 0 N–H and O–H groups in total. The third-order valence-electron chi connectivity index (χ3n) is 3.16. The van der Waals surface area contributed by atoms with Gasteiger partial charge in [0, 0.05) is 6.92 Å². The van der Waals surface area contributed by atoms with E-state index in [1.165, 1.54) is 19.1 Å². The number of hydrogen-bond acceptors (Lipinski definition) is 4. The van der Waals surface area contributed by atoms with Gasteiger partial charge in [-0.2, -0.15) is 0 Å². The van der Waals surface area contributed by atoms with Crippen molar-refractivity contribution in [1.29, 1.82) is 0 Å². The number of halogens is 1. The van der Waals surface area contributed by atoms with Crippen LogP contribution in [0.25, 0.3) is 0 Å². The molecular weight excluding hydrogens is 311 g/mol. The van der Waals surface area contributed by atoms with Crippen LogP contribution < -0.4 is 9.47 Å². The van der Waals surface area contributed by atoms with E-state index in [0.29, 0.717) is 18.1 Å². The molecule has 4 nitrogen and oxygen atoms in total. The maximum atomic E-state index is 12.8. The van der Waals surface area contributed by atoms with E-state index in [0.717, 1.165) is 5.56 Å². The Morgan fingerprint density at radius 1 is 1.00 bits per heavy atom. The first-order valence-corrected chi connectivity index (χ1v) is 7.64. The second-order valence-corrected chi connectivity index (χ2v) is 6.03. The summed E-state index contributed by atoms with van der Waals surface area (Å²) in [6, 6.07) is 13.3. The molecule has 2 rings (SSSR count). The van der Waals surface area contributed by atoms with Crippen molar-refractivity contribution in [1.82, 2.24) is 0 Å². The molecule has 0 heterocycles. The topological polar surface area (TPSA) is 44.8 Å². The Morgan fingerprint density at radius 2 is 1.58 bits per heavy atom. The Bertz CT molecular complexity index is 663. The first-order chi connectivity index (χ1) is 11.3. The Morgan fingerprint density at radius 3 is 2.17 bits per heavy atom. The van der Waals surface area contributed by atoms with E-state index in [1.807, 2.05) is 38.1 Å². The fourth-order valence-corrected chi connectivity index (χ4v) is 1.98. The molecule has 0 aliphatic heterocycles. The molecule has 2 aromatic rings. The van der Waals surface area contributed by atoms with Gasteiger partial charge >= 0.3 is 5.97 Å². The lowest BCUT2D eigenvalue weighted by atomic mass is 10.1. The predicted octanol–water partition coefficient (Wildman–Crippen LogP) is 4.13. The van der Waals surface area contributed by atoms with Gasteiger partial charge in [-0.05, 0) is 55.8 Å². The highest BCUT2D eigenvalue weighted by molar-refractivity contribution is 5.65. The zero-order valence-corrected chi connectivity index (χ0v) is 14.0. The molecule has 0 aliphatic carbocycles. The van der Waals surface area contributed by atoms with Gasteiger partial charge in [0.25, 0.3) is 0 Å². The van der Waals surface area contributed by atoms with Crippen LogP contribution in [0.15, 0.2) is 48.5 Å². The van der Waals surface area contributed by atoms with E-state index in [2.05, 4.69) is 0 Å². The highest BCUT2D eigenvalue weighted by Crippen LogP contribution is 2.20. The van der Waals surface area contributed by atoms with Gasteiger partial charge < -0.3 is 14.2 Å². The fourth-order valence-electron chi connectivity index (χ4n) is 1.98. The summed E-state index contributed by atoms with van der Waals surface area (Å²) < 4.78 is 29.2. The van der Waals surface area contributed by atoms with Crippen LogP contribution in [0.5, 0.6) is 11.5 Å². The highest BCUT2D eigenvalue weighted by atomic mass is 19.1. The number of carbonyl (C=O) groups is 1. The van der Waals surface area contributed by atoms with Crippen LogP contribution in [0.4, 0.5) is 4.39 Å². The van der Waals surface area contributed by atoms with Gasteiger partial charge in [-0.15, -0.1) is 0 Å². The number of carbonyl (C=O) groups excluding carboxylic acids is 1. The second kappa shape index (κ2) is 7.81. The van der Waals surface area contributed by atoms with E-state index < -0.39 is 5.60 Å². The SMILES string of the molecule is CC(=O)OCC(C)(C)Oc1ccc(COc2ccc(F)cc2)cc1. The van der Waals surface area contributed by atoms with Crippen molar-refractivity contribution in [2.24, 2.45) is 0 Å². The van der Waals surface area contributed by atoms with Gasteiger partial charge in [0.05, 0.1) is 0 Å². The van der Waals surface area contributed by atoms with Gasteiger partial charge in [-0.3, -0.25) is 4.79 Å². The Kier molecular flexibility index (Phi) is 5.79. The summed E-state index contributed by atoms with van der Waals surface area (Å²) in [6.45, 7) is 5.62. The zero-order valence-electron chi connectivity index (χ0n) is 14.0. The third-order valence-corrected chi connectivity index (χ3v) is 3.16. The molecule has 0 unspecified atom stereocenters. The van der Waals surface area contributed by atoms with Crippen LogP contribution >= 0.6 is 0 Å². The average molecular weight is 332 g/mol. The lowest BCUT2D eigenvalue weighted by molar-refractivity contribution is -0.146. The molecule has 5 heteroatoms. The molecule has 0 saturated heterocycles. The van der Waals surface area contributed by atoms with Crippen LogP contribution in [0, 0.1) is 5.82 Å². The molecular formula is C19H21FO4. The molecule has 0 bridgehead atoms. The van der Waals surface area contributed by atoms with E-state index in [9.17, 15) is 9.18 Å². The first kappa shape index (κ1) is 17.8. The van der Waals surface area contributed by atoms with Crippen LogP contribution in [-0.2, 0) is 16.1 Å². The van der Waals surface area contributed by atoms with Gasteiger partial charge in [0.2, 0.25) is 0 Å². The van der Waals surface area contributed by atoms with Crippen molar-refractivity contribution in [3.63, 3.8) is 0 Å². The van der Waals surface area contributed by atoms with Crippen molar-refractivity contribution < 1.29 is 23.4 Å². The average Bonchev–Trinajstić information content (AvgIpc) is 2.54. The van der Waals surface area contributed by atoms with Crippen molar-refractivity contribution in [2.75, 3.05) is 6.61 Å². The monoisotopic (exact) mass is 332 g/mol. The third kappa shape index (κ3) is 5.91. The van der Waals surface area contributed by atoms with Gasteiger partial charge in [-0.25, -0.2) is 4.39 Å². The van der Waals surface area contributed by atoms with E-state index in [1.54, 1.807) is 12.1 Å². The van der Waals surface area contributed by atoms with Crippen molar-refractivity contribution >= 4 is 5.97 Å². The molecule has 0 spiro atoms. The van der Waals surface area contributed by atoms with Crippen LogP contribution in [0.2, 0.25) is 0 Å². The summed E-state index contributed by atoms with van der Waals surface area (Å²) in [5, 5.41) is 0. The molecule has 128 valence electrons. The number of esters is 1. The smallest absolute Gasteiger partial charge is 0.302 e.